The number of hydrogen-bond acceptors (Lipinski definition) is 3. The number of nitrogens with zero attached hydrogens (tertiary/aromatic N) is 1. The van der Waals surface area contributed by atoms with E-state index in [2.05, 4.69) is 31.1 Å². The van der Waals surface area contributed by atoms with E-state index in [9.17, 15) is 0 Å². The highest BCUT2D eigenvalue weighted by Crippen LogP contribution is 2.33. The van der Waals surface area contributed by atoms with Crippen molar-refractivity contribution in [1.29, 1.82) is 0 Å². The third-order valence-corrected chi connectivity index (χ3v) is 4.15. The van der Waals surface area contributed by atoms with Crippen LogP contribution in [-0.2, 0) is 5.41 Å². The average molecular weight is 335 g/mol. The van der Waals surface area contributed by atoms with Gasteiger partial charge in [0.05, 0.1) is 20.8 Å². The summed E-state index contributed by atoms with van der Waals surface area (Å²) in [4.78, 5) is 4.50. The molecule has 1 aromatic rings. The second kappa shape index (κ2) is 10.1. The van der Waals surface area contributed by atoms with E-state index >= 15 is 0 Å². The second-order valence-corrected chi connectivity index (χ2v) is 6.64. The summed E-state index contributed by atoms with van der Waals surface area (Å²) in [5.41, 5.74) is 6.96. The molecule has 0 fully saturated rings. The molecule has 136 valence electrons. The highest BCUT2D eigenvalue weighted by atomic mass is 16.5. The topological polar surface area (TPSA) is 68.9 Å². The van der Waals surface area contributed by atoms with Gasteiger partial charge in [-0.05, 0) is 24.1 Å². The van der Waals surface area contributed by atoms with Crippen LogP contribution in [0, 0.1) is 0 Å². The number of methoxy groups -OCH3 is 2. The van der Waals surface area contributed by atoms with Crippen LogP contribution in [0.2, 0.25) is 0 Å². The Balaban J connectivity index is 2.63. The van der Waals surface area contributed by atoms with Gasteiger partial charge in [0.15, 0.2) is 17.5 Å². The summed E-state index contributed by atoms with van der Waals surface area (Å²) in [5, 5.41) is 3.19. The molecule has 3 N–H and O–H groups in total. The molecular weight excluding hydrogens is 302 g/mol. The zero-order valence-corrected chi connectivity index (χ0v) is 15.8. The molecule has 0 unspecified atom stereocenters. The molecule has 0 saturated heterocycles. The van der Waals surface area contributed by atoms with Crippen LogP contribution in [0.1, 0.15) is 52.0 Å². The van der Waals surface area contributed by atoms with Crippen LogP contribution in [0.25, 0.3) is 0 Å². The zero-order valence-electron chi connectivity index (χ0n) is 15.8. The third-order valence-electron chi connectivity index (χ3n) is 4.15. The van der Waals surface area contributed by atoms with Gasteiger partial charge in [0.2, 0.25) is 0 Å². The van der Waals surface area contributed by atoms with Crippen LogP contribution in [-0.4, -0.2) is 33.3 Å². The van der Waals surface area contributed by atoms with Crippen LogP contribution in [0.15, 0.2) is 23.2 Å². The number of hydrogen-bond donors (Lipinski definition) is 2. The van der Waals surface area contributed by atoms with Gasteiger partial charge in [0.25, 0.3) is 0 Å². The van der Waals surface area contributed by atoms with Crippen molar-refractivity contribution in [2.24, 2.45) is 10.7 Å². The normalized spacial score (nSPS) is 12.1. The van der Waals surface area contributed by atoms with E-state index in [1.165, 1.54) is 19.3 Å². The van der Waals surface area contributed by atoms with Crippen molar-refractivity contribution >= 4 is 5.96 Å². The first kappa shape index (κ1) is 20.1. The van der Waals surface area contributed by atoms with Crippen molar-refractivity contribution in [3.63, 3.8) is 0 Å². The Labute approximate surface area is 146 Å². The lowest BCUT2D eigenvalue weighted by Gasteiger charge is -2.24. The first-order valence-electron chi connectivity index (χ1n) is 8.71. The summed E-state index contributed by atoms with van der Waals surface area (Å²) in [6.45, 7) is 7.99. The number of rotatable bonds is 10. The summed E-state index contributed by atoms with van der Waals surface area (Å²) in [6.07, 6.45) is 4.87. The summed E-state index contributed by atoms with van der Waals surface area (Å²) < 4.78 is 10.7. The Hall–Kier alpha value is -1.91. The highest BCUT2D eigenvalue weighted by Gasteiger charge is 2.22. The van der Waals surface area contributed by atoms with E-state index < -0.39 is 0 Å². The van der Waals surface area contributed by atoms with Crippen LogP contribution in [0.3, 0.4) is 0 Å². The Bertz CT molecular complexity index is 527. The maximum atomic E-state index is 5.97. The Kier molecular flexibility index (Phi) is 8.44. The zero-order chi connectivity index (χ0) is 18.0. The van der Waals surface area contributed by atoms with Crippen molar-refractivity contribution < 1.29 is 9.47 Å². The van der Waals surface area contributed by atoms with Gasteiger partial charge in [-0.25, -0.2) is 0 Å². The molecule has 0 saturated carbocycles. The van der Waals surface area contributed by atoms with Crippen molar-refractivity contribution in [3.8, 4) is 11.5 Å². The van der Waals surface area contributed by atoms with Crippen molar-refractivity contribution in [2.45, 2.75) is 51.9 Å². The van der Waals surface area contributed by atoms with Gasteiger partial charge in [-0.15, -0.1) is 0 Å². The minimum atomic E-state index is -0.145. The Morgan fingerprint density at radius 3 is 2.46 bits per heavy atom. The fraction of sp³-hybridized carbons (Fsp3) is 0.632. The molecular formula is C19H33N3O2. The molecule has 0 heterocycles. The quantitative estimate of drug-likeness (QED) is 0.390. The predicted octanol–water partition coefficient (Wildman–Crippen LogP) is 3.47. The van der Waals surface area contributed by atoms with Crippen LogP contribution in [0.4, 0.5) is 0 Å². The fourth-order valence-electron chi connectivity index (χ4n) is 2.46. The van der Waals surface area contributed by atoms with Gasteiger partial charge in [-0.2, -0.15) is 0 Å². The van der Waals surface area contributed by atoms with Gasteiger partial charge >= 0.3 is 0 Å². The number of benzene rings is 1. The van der Waals surface area contributed by atoms with E-state index in [0.29, 0.717) is 12.5 Å². The van der Waals surface area contributed by atoms with Crippen LogP contribution >= 0.6 is 0 Å². The first-order chi connectivity index (χ1) is 11.4. The van der Waals surface area contributed by atoms with Crippen molar-refractivity contribution in [2.75, 3.05) is 27.3 Å². The summed E-state index contributed by atoms with van der Waals surface area (Å²) in [5.74, 6) is 1.97. The van der Waals surface area contributed by atoms with Gasteiger partial charge in [-0.1, -0.05) is 46.1 Å². The minimum Gasteiger partial charge on any atom is -0.493 e. The molecule has 0 aliphatic carbocycles. The Morgan fingerprint density at radius 1 is 1.12 bits per heavy atom. The monoisotopic (exact) mass is 335 g/mol. The van der Waals surface area contributed by atoms with Gasteiger partial charge in [0, 0.05) is 12.0 Å². The maximum absolute atomic E-state index is 5.97. The van der Waals surface area contributed by atoms with Gasteiger partial charge in [0.1, 0.15) is 0 Å². The molecule has 24 heavy (non-hydrogen) atoms. The molecule has 1 rings (SSSR count). The molecule has 0 radical (unpaired) electrons. The van der Waals surface area contributed by atoms with E-state index in [1.54, 1.807) is 14.2 Å². The molecule has 0 bridgehead atoms. The van der Waals surface area contributed by atoms with E-state index in [-0.39, 0.29) is 5.41 Å². The summed E-state index contributed by atoms with van der Waals surface area (Å²) >= 11 is 0. The molecule has 1 aromatic carbocycles. The maximum Gasteiger partial charge on any atom is 0.188 e. The molecule has 5 heteroatoms. The predicted molar refractivity (Wildman–Crippen MR) is 101 cm³/mol. The van der Waals surface area contributed by atoms with E-state index in [1.807, 2.05) is 18.2 Å². The Morgan fingerprint density at radius 2 is 1.83 bits per heavy atom. The number of ether oxygens (including phenoxy) is 2. The fourth-order valence-corrected chi connectivity index (χ4v) is 2.46. The molecule has 0 atom stereocenters. The second-order valence-electron chi connectivity index (χ2n) is 6.64. The third kappa shape index (κ3) is 6.30. The lowest BCUT2D eigenvalue weighted by Crippen LogP contribution is -2.34. The van der Waals surface area contributed by atoms with E-state index in [0.717, 1.165) is 30.0 Å². The molecule has 0 spiro atoms. The standard InChI is InChI=1S/C19H33N3O2/c1-6-7-8-9-12-21-18(20)22-14-19(2,3)15-10-11-16(23-4)17(13-15)24-5/h10-11,13H,6-9,12,14H2,1-5H3,(H3,20,21,22). The number of aliphatic imine (C=N–C) groups is 1. The summed E-state index contributed by atoms with van der Waals surface area (Å²) in [6, 6.07) is 5.98. The smallest absolute Gasteiger partial charge is 0.188 e. The molecule has 0 aliphatic heterocycles. The van der Waals surface area contributed by atoms with Crippen LogP contribution < -0.4 is 20.5 Å². The summed E-state index contributed by atoms with van der Waals surface area (Å²) in [7, 11) is 3.28. The molecule has 0 amide bonds. The largest absolute Gasteiger partial charge is 0.493 e. The number of guanidine groups is 1. The minimum absolute atomic E-state index is 0.145. The van der Waals surface area contributed by atoms with Gasteiger partial charge in [-0.3, -0.25) is 4.99 Å². The number of nitrogens with one attached hydrogen (secondary N) is 1. The first-order valence-corrected chi connectivity index (χ1v) is 8.71. The number of nitrogens with two attached hydrogens (primary N) is 1. The van der Waals surface area contributed by atoms with Crippen molar-refractivity contribution in [1.82, 2.24) is 5.32 Å². The van der Waals surface area contributed by atoms with Crippen LogP contribution in [0.5, 0.6) is 11.5 Å². The lowest BCUT2D eigenvalue weighted by atomic mass is 9.84. The molecule has 0 aliphatic rings. The molecule has 5 nitrogen and oxygen atoms in total. The lowest BCUT2D eigenvalue weighted by molar-refractivity contribution is 0.353. The number of unbranched alkanes of at least 4 members (excludes halogenated alkanes) is 3. The average Bonchev–Trinajstić information content (AvgIpc) is 2.59. The van der Waals surface area contributed by atoms with Gasteiger partial charge < -0.3 is 20.5 Å². The molecule has 0 aromatic heterocycles. The highest BCUT2D eigenvalue weighted by molar-refractivity contribution is 5.77. The van der Waals surface area contributed by atoms with Crippen molar-refractivity contribution in [3.05, 3.63) is 23.8 Å². The SMILES string of the molecule is CCCCCCNC(N)=NCC(C)(C)c1ccc(OC)c(OC)c1. The van der Waals surface area contributed by atoms with E-state index in [4.69, 9.17) is 15.2 Å².